The molecule has 0 fully saturated rings. The van der Waals surface area contributed by atoms with Gasteiger partial charge in [0.05, 0.1) is 10.5 Å². The lowest BCUT2D eigenvalue weighted by molar-refractivity contribution is -0.736. The summed E-state index contributed by atoms with van der Waals surface area (Å²) in [5.74, 6) is 2.18. The quantitative estimate of drug-likeness (QED) is 0.623. The molecule has 24 heavy (non-hydrogen) atoms. The molecule has 0 saturated carbocycles. The van der Waals surface area contributed by atoms with E-state index in [4.69, 9.17) is 13.7 Å². The molecule has 124 valence electrons. The molecule has 6 nitrogen and oxygen atoms in total. The van der Waals surface area contributed by atoms with Crippen LogP contribution in [0.5, 0.6) is 0 Å². The molecule has 0 unspecified atom stereocenters. The number of carbonyl (C=O) groups excluding carboxylic acids is 1. The molecule has 0 aliphatic rings. The van der Waals surface area contributed by atoms with Gasteiger partial charge < -0.3 is 13.6 Å². The normalized spacial score (nSPS) is 11.0. The summed E-state index contributed by atoms with van der Waals surface area (Å²) in [5.41, 5.74) is 1.75. The number of benzene rings is 1. The van der Waals surface area contributed by atoms with E-state index >= 15 is 0 Å². The Hall–Kier alpha value is -2.89. The van der Waals surface area contributed by atoms with Crippen molar-refractivity contribution in [2.45, 2.75) is 26.7 Å². The largest absolute Gasteiger partial charge is 0.461 e. The number of nitrogens with zero attached hydrogens (tertiary/aromatic N) is 1. The third-order valence-electron chi connectivity index (χ3n) is 3.81. The van der Waals surface area contributed by atoms with Crippen LogP contribution >= 0.6 is 0 Å². The monoisotopic (exact) mass is 328 g/mol. The molecule has 0 amide bonds. The van der Waals surface area contributed by atoms with Crippen LogP contribution in [-0.2, 0) is 16.1 Å². The number of ketones is 1. The number of carbonyl (C=O) groups is 1. The van der Waals surface area contributed by atoms with Crippen molar-refractivity contribution in [3.8, 4) is 11.3 Å². The average molecular weight is 328 g/mol. The number of hydrogen-bond acceptors (Lipinski definition) is 5. The van der Waals surface area contributed by atoms with Gasteiger partial charge in [0.15, 0.2) is 7.11 Å². The maximum Gasteiger partial charge on any atom is 0.317 e. The van der Waals surface area contributed by atoms with Gasteiger partial charge in [-0.25, -0.2) is 4.84 Å². The minimum Gasteiger partial charge on any atom is -0.461 e. The molecule has 0 aliphatic carbocycles. The first-order valence-corrected chi connectivity index (χ1v) is 7.62. The van der Waals surface area contributed by atoms with E-state index in [0.717, 1.165) is 16.7 Å². The predicted molar refractivity (Wildman–Crippen MR) is 88.0 cm³/mol. The minimum atomic E-state index is 0.0860. The molecule has 3 aromatic rings. The van der Waals surface area contributed by atoms with Crippen molar-refractivity contribution in [2.75, 3.05) is 7.11 Å². The first-order valence-electron chi connectivity index (χ1n) is 7.62. The Bertz CT molecular complexity index is 919. The fourth-order valence-corrected chi connectivity index (χ4v) is 2.66. The van der Waals surface area contributed by atoms with Gasteiger partial charge in [-0.15, -0.1) is 0 Å². The maximum atomic E-state index is 11.7. The number of fused-ring (bicyclic) bond motifs is 1. The van der Waals surface area contributed by atoms with E-state index in [1.165, 1.54) is 7.11 Å². The molecule has 0 spiro atoms. The van der Waals surface area contributed by atoms with E-state index in [-0.39, 0.29) is 5.78 Å². The van der Waals surface area contributed by atoms with Crippen LogP contribution in [0.15, 0.2) is 39.2 Å². The molecular formula is C18H18NO5+. The molecule has 0 saturated heterocycles. The lowest BCUT2D eigenvalue weighted by atomic mass is 10.0. The lowest BCUT2D eigenvalue weighted by Gasteiger charge is -1.99. The molecule has 1 aromatic carbocycles. The zero-order valence-corrected chi connectivity index (χ0v) is 13.8. The third kappa shape index (κ3) is 2.95. The van der Waals surface area contributed by atoms with Crippen molar-refractivity contribution in [3.63, 3.8) is 0 Å². The first-order chi connectivity index (χ1) is 11.5. The fraction of sp³-hybridized carbons (Fsp3) is 0.278. The molecule has 6 heteroatoms. The number of aryl methyl sites for hydroxylation is 2. The van der Waals surface area contributed by atoms with Crippen LogP contribution in [0.3, 0.4) is 0 Å². The zero-order valence-electron chi connectivity index (χ0n) is 13.8. The molecule has 0 bridgehead atoms. The van der Waals surface area contributed by atoms with Crippen molar-refractivity contribution < 1.29 is 23.4 Å². The molecule has 0 atom stereocenters. The van der Waals surface area contributed by atoms with Crippen molar-refractivity contribution in [1.29, 1.82) is 0 Å². The number of hydrogen-bond donors (Lipinski definition) is 0. The zero-order chi connectivity index (χ0) is 17.3. The minimum absolute atomic E-state index is 0.0860. The van der Waals surface area contributed by atoms with Gasteiger partial charge in [0.2, 0.25) is 0 Å². The number of Topliss-reactive ketones (excluding diaryl/α,β-unsaturated/α-hetero) is 1. The van der Waals surface area contributed by atoms with Gasteiger partial charge in [-0.05, 0) is 32.0 Å². The highest BCUT2D eigenvalue weighted by molar-refractivity contribution is 5.96. The summed E-state index contributed by atoms with van der Waals surface area (Å²) in [7, 11) is 1.31. The van der Waals surface area contributed by atoms with Crippen LogP contribution in [0.2, 0.25) is 0 Å². The van der Waals surface area contributed by atoms with Gasteiger partial charge in [0.1, 0.15) is 28.6 Å². The summed E-state index contributed by atoms with van der Waals surface area (Å²) >= 11 is 0. The van der Waals surface area contributed by atoms with Gasteiger partial charge in [-0.2, -0.15) is 0 Å². The van der Waals surface area contributed by atoms with E-state index in [1.54, 1.807) is 25.1 Å². The molecule has 0 aliphatic heterocycles. The Morgan fingerprint density at radius 1 is 1.21 bits per heavy atom. The topological polar surface area (TPSA) is 72.7 Å². The summed E-state index contributed by atoms with van der Waals surface area (Å²) in [6, 6.07) is 8.75. The summed E-state index contributed by atoms with van der Waals surface area (Å²) in [6.07, 6.45) is 0.852. The molecule has 0 N–H and O–H groups in total. The van der Waals surface area contributed by atoms with Gasteiger partial charge in [0.25, 0.3) is 4.92 Å². The van der Waals surface area contributed by atoms with E-state index < -0.39 is 0 Å². The smallest absolute Gasteiger partial charge is 0.317 e. The van der Waals surface area contributed by atoms with E-state index in [1.807, 2.05) is 19.1 Å². The summed E-state index contributed by atoms with van der Waals surface area (Å²) in [5, 5.41) is 0.748. The highest BCUT2D eigenvalue weighted by Gasteiger charge is 2.23. The molecular weight excluding hydrogens is 310 g/mol. The number of rotatable bonds is 6. The summed E-state index contributed by atoms with van der Waals surface area (Å²) in [6.45, 7) is 3.40. The first kappa shape index (κ1) is 16.0. The predicted octanol–water partition coefficient (Wildman–Crippen LogP) is 4.49. The highest BCUT2D eigenvalue weighted by atomic mass is 16.8. The van der Waals surface area contributed by atoms with E-state index in [9.17, 15) is 9.70 Å². The van der Waals surface area contributed by atoms with Gasteiger partial charge >= 0.3 is 5.69 Å². The SMILES string of the molecule is CO[N+](=O)c1ccc2oc(CCC(C)=O)c(-c3ccc(C)o3)c2c1. The van der Waals surface area contributed by atoms with E-state index in [2.05, 4.69) is 0 Å². The maximum absolute atomic E-state index is 11.7. The fourth-order valence-electron chi connectivity index (χ4n) is 2.66. The Morgan fingerprint density at radius 2 is 2.00 bits per heavy atom. The van der Waals surface area contributed by atoms with Crippen LogP contribution in [-0.4, -0.2) is 17.8 Å². The highest BCUT2D eigenvalue weighted by Crippen LogP contribution is 2.38. The van der Waals surface area contributed by atoms with E-state index in [0.29, 0.717) is 40.6 Å². The second kappa shape index (κ2) is 6.31. The Kier molecular flexibility index (Phi) is 4.20. The van der Waals surface area contributed by atoms with Gasteiger partial charge in [-0.3, -0.25) is 0 Å². The Morgan fingerprint density at radius 3 is 2.62 bits per heavy atom. The van der Waals surface area contributed by atoms with Gasteiger partial charge in [0, 0.05) is 30.4 Å². The van der Waals surface area contributed by atoms with Crippen LogP contribution in [0, 0.1) is 11.8 Å². The van der Waals surface area contributed by atoms with Crippen LogP contribution in [0.4, 0.5) is 5.69 Å². The van der Waals surface area contributed by atoms with Gasteiger partial charge in [-0.1, -0.05) is 0 Å². The molecule has 2 heterocycles. The molecule has 0 radical (unpaired) electrons. The Labute approximate surface area is 138 Å². The number of furan rings is 2. The van der Waals surface area contributed by atoms with Crippen LogP contribution in [0.25, 0.3) is 22.3 Å². The van der Waals surface area contributed by atoms with Crippen LogP contribution < -0.4 is 0 Å². The summed E-state index contributed by atoms with van der Waals surface area (Å²) < 4.78 is 11.7. The third-order valence-corrected chi connectivity index (χ3v) is 3.81. The van der Waals surface area contributed by atoms with Crippen LogP contribution in [0.1, 0.15) is 24.9 Å². The standard InChI is InChI=1S/C18H18NO5/c1-11(20)4-7-17-18(16-8-5-12(2)23-16)14-10-13(19(21)22-3)6-9-15(14)24-17/h5-6,8-10H,4,7H2,1-3H3/q+1. The molecule has 3 rings (SSSR count). The lowest BCUT2D eigenvalue weighted by Crippen LogP contribution is -1.97. The Balaban J connectivity index is 2.18. The van der Waals surface area contributed by atoms with Crippen molar-refractivity contribution in [2.24, 2.45) is 0 Å². The summed E-state index contributed by atoms with van der Waals surface area (Å²) in [4.78, 5) is 28.2. The molecule has 2 aromatic heterocycles. The van der Waals surface area contributed by atoms with Crippen molar-refractivity contribution in [3.05, 3.63) is 46.8 Å². The second-order valence-corrected chi connectivity index (χ2v) is 5.63. The second-order valence-electron chi connectivity index (χ2n) is 5.63. The van der Waals surface area contributed by atoms with Crippen molar-refractivity contribution >= 4 is 22.4 Å². The van der Waals surface area contributed by atoms with Crippen molar-refractivity contribution in [1.82, 2.24) is 0 Å². The average Bonchev–Trinajstić information content (AvgIpc) is 3.14.